The Morgan fingerprint density at radius 2 is 2.12 bits per heavy atom. The van der Waals surface area contributed by atoms with Gasteiger partial charge in [-0.05, 0) is 0 Å². The molecule has 0 spiro atoms. The van der Waals surface area contributed by atoms with Gasteiger partial charge in [0, 0.05) is 0 Å². The van der Waals surface area contributed by atoms with Gasteiger partial charge in [-0.25, -0.2) is 27.3 Å². The third-order valence-electron chi connectivity index (χ3n) is 1.71. The molecule has 1 aromatic heterocycles. The minimum atomic E-state index is -4.30. The van der Waals surface area contributed by atoms with Crippen molar-refractivity contribution in [1.82, 2.24) is 4.98 Å². The highest BCUT2D eigenvalue weighted by Gasteiger charge is 2.27. The molecule has 6 nitrogen and oxygen atoms in total. The summed E-state index contributed by atoms with van der Waals surface area (Å²) in [6.07, 6.45) is -2.54. The van der Waals surface area contributed by atoms with E-state index in [-0.39, 0.29) is 0 Å². The molecule has 1 heterocycles. The number of hydrogen-bond acceptors (Lipinski definition) is 5. The fourth-order valence-corrected chi connectivity index (χ4v) is 1.74. The van der Waals surface area contributed by atoms with Crippen LogP contribution >= 0.6 is 0 Å². The number of primary sulfonamides is 1. The molecule has 0 saturated heterocycles. The summed E-state index contributed by atoms with van der Waals surface area (Å²) in [4.78, 5) is 3.24. The summed E-state index contributed by atoms with van der Waals surface area (Å²) in [5, 5.41) is 13.0. The van der Waals surface area contributed by atoms with Crippen LogP contribution in [0.1, 0.15) is 12.0 Å². The van der Waals surface area contributed by atoms with E-state index in [9.17, 15) is 17.2 Å². The molecule has 1 aromatic rings. The van der Waals surface area contributed by atoms with Gasteiger partial charge in [0.25, 0.3) is 16.4 Å². The molecule has 1 rings (SSSR count). The highest BCUT2D eigenvalue weighted by molar-refractivity contribution is 7.89. The van der Waals surface area contributed by atoms with Crippen LogP contribution in [0.4, 0.5) is 8.78 Å². The molecule has 9 heteroatoms. The Labute approximate surface area is 89.7 Å². The Bertz CT molecular complexity index is 503. The number of aromatic hydroxyl groups is 1. The molecule has 0 aliphatic rings. The SMILES string of the molecule is COc1c(S(N)(=O)=O)ncc(O)c1C(F)F. The molecule has 16 heavy (non-hydrogen) atoms. The zero-order valence-corrected chi connectivity index (χ0v) is 8.83. The van der Waals surface area contributed by atoms with Gasteiger partial charge in [-0.15, -0.1) is 0 Å². The van der Waals surface area contributed by atoms with Gasteiger partial charge in [0.1, 0.15) is 11.3 Å². The molecule has 0 aliphatic carbocycles. The second-order valence-corrected chi connectivity index (χ2v) is 4.22. The highest BCUT2D eigenvalue weighted by atomic mass is 32.2. The van der Waals surface area contributed by atoms with E-state index in [1.54, 1.807) is 0 Å². The number of alkyl halides is 2. The number of rotatable bonds is 3. The van der Waals surface area contributed by atoms with Crippen molar-refractivity contribution in [2.45, 2.75) is 11.5 Å². The van der Waals surface area contributed by atoms with Gasteiger partial charge in [0.15, 0.2) is 5.75 Å². The van der Waals surface area contributed by atoms with Crippen LogP contribution < -0.4 is 9.88 Å². The highest BCUT2D eigenvalue weighted by Crippen LogP contribution is 2.38. The number of nitrogens with zero attached hydrogens (tertiary/aromatic N) is 1. The average Bonchev–Trinajstić information content (AvgIpc) is 2.14. The maximum absolute atomic E-state index is 12.5. The number of nitrogens with two attached hydrogens (primary N) is 1. The van der Waals surface area contributed by atoms with E-state index in [1.165, 1.54) is 0 Å². The summed E-state index contributed by atoms with van der Waals surface area (Å²) in [5.41, 5.74) is -0.957. The lowest BCUT2D eigenvalue weighted by Crippen LogP contribution is -2.16. The number of sulfonamides is 1. The van der Waals surface area contributed by atoms with E-state index >= 15 is 0 Å². The minimum absolute atomic E-state index is 0.573. The van der Waals surface area contributed by atoms with Crippen LogP contribution in [0.3, 0.4) is 0 Å². The van der Waals surface area contributed by atoms with Crippen molar-refractivity contribution in [2.24, 2.45) is 5.14 Å². The zero-order valence-electron chi connectivity index (χ0n) is 8.02. The number of halogens is 2. The zero-order chi connectivity index (χ0) is 12.5. The largest absolute Gasteiger partial charge is 0.506 e. The third kappa shape index (κ3) is 2.19. The standard InChI is InChI=1S/C7H8F2N2O4S/c1-15-5-4(6(8)9)3(12)2-11-7(5)16(10,13)14/h2,6,12H,1H3,(H2,10,13,14). The number of hydrogen-bond donors (Lipinski definition) is 2. The molecule has 0 saturated carbocycles. The summed E-state index contributed by atoms with van der Waals surface area (Å²) in [6, 6.07) is 0. The van der Waals surface area contributed by atoms with Crippen molar-refractivity contribution in [3.8, 4) is 11.5 Å². The lowest BCUT2D eigenvalue weighted by atomic mass is 10.2. The summed E-state index contributed by atoms with van der Waals surface area (Å²) in [5.74, 6) is -1.61. The van der Waals surface area contributed by atoms with Crippen molar-refractivity contribution in [3.05, 3.63) is 11.8 Å². The average molecular weight is 254 g/mol. The van der Waals surface area contributed by atoms with E-state index in [2.05, 4.69) is 9.72 Å². The van der Waals surface area contributed by atoms with Gasteiger partial charge in [-0.1, -0.05) is 0 Å². The number of pyridine rings is 1. The predicted molar refractivity (Wildman–Crippen MR) is 48.8 cm³/mol. The second kappa shape index (κ2) is 4.18. The summed E-state index contributed by atoms with van der Waals surface area (Å²) in [7, 11) is -3.33. The first-order chi connectivity index (χ1) is 7.29. The summed E-state index contributed by atoms with van der Waals surface area (Å²) < 4.78 is 51.6. The monoisotopic (exact) mass is 254 g/mol. The van der Waals surface area contributed by atoms with Crippen molar-refractivity contribution in [1.29, 1.82) is 0 Å². The lowest BCUT2D eigenvalue weighted by molar-refractivity contribution is 0.142. The van der Waals surface area contributed by atoms with E-state index in [1.807, 2.05) is 0 Å². The smallest absolute Gasteiger partial charge is 0.271 e. The molecule has 0 bridgehead atoms. The van der Waals surface area contributed by atoms with Crippen LogP contribution in [0.5, 0.6) is 11.5 Å². The minimum Gasteiger partial charge on any atom is -0.506 e. The molecule has 0 fully saturated rings. The van der Waals surface area contributed by atoms with E-state index in [0.29, 0.717) is 6.20 Å². The Kier molecular flexibility index (Phi) is 3.29. The lowest BCUT2D eigenvalue weighted by Gasteiger charge is -2.11. The maximum atomic E-state index is 12.5. The summed E-state index contributed by atoms with van der Waals surface area (Å²) >= 11 is 0. The molecule has 0 atom stereocenters. The third-order valence-corrected chi connectivity index (χ3v) is 2.54. The molecule has 0 radical (unpaired) electrons. The fourth-order valence-electron chi connectivity index (χ4n) is 1.09. The first-order valence-corrected chi connectivity index (χ1v) is 5.40. The first-order valence-electron chi connectivity index (χ1n) is 3.85. The van der Waals surface area contributed by atoms with Crippen molar-refractivity contribution >= 4 is 10.0 Å². The van der Waals surface area contributed by atoms with Crippen molar-refractivity contribution in [2.75, 3.05) is 7.11 Å². The molecular weight excluding hydrogens is 246 g/mol. The molecule has 3 N–H and O–H groups in total. The van der Waals surface area contributed by atoms with Crippen LogP contribution in [0, 0.1) is 0 Å². The Morgan fingerprint density at radius 1 is 1.56 bits per heavy atom. The van der Waals surface area contributed by atoms with Crippen LogP contribution in [-0.4, -0.2) is 25.6 Å². The molecule has 0 amide bonds. The van der Waals surface area contributed by atoms with Gasteiger partial charge in [0.05, 0.1) is 13.3 Å². The maximum Gasteiger partial charge on any atom is 0.271 e. The topological polar surface area (TPSA) is 103 Å². The van der Waals surface area contributed by atoms with Crippen LogP contribution in [0.15, 0.2) is 11.2 Å². The van der Waals surface area contributed by atoms with Gasteiger partial charge in [-0.2, -0.15) is 0 Å². The van der Waals surface area contributed by atoms with Gasteiger partial charge in [-0.3, -0.25) is 0 Å². The van der Waals surface area contributed by atoms with E-state index < -0.39 is 38.5 Å². The number of aromatic nitrogens is 1. The summed E-state index contributed by atoms with van der Waals surface area (Å²) in [6.45, 7) is 0. The van der Waals surface area contributed by atoms with E-state index in [0.717, 1.165) is 7.11 Å². The normalized spacial score (nSPS) is 11.8. The molecule has 90 valence electrons. The Morgan fingerprint density at radius 3 is 2.50 bits per heavy atom. The predicted octanol–water partition coefficient (Wildman–Crippen LogP) is 0.381. The van der Waals surface area contributed by atoms with Crippen molar-refractivity contribution < 1.29 is 27.0 Å². The van der Waals surface area contributed by atoms with Gasteiger partial charge >= 0.3 is 0 Å². The van der Waals surface area contributed by atoms with Gasteiger partial charge < -0.3 is 9.84 Å². The molecule has 0 aromatic carbocycles. The van der Waals surface area contributed by atoms with Crippen LogP contribution in [0.2, 0.25) is 0 Å². The Hall–Kier alpha value is -1.48. The first kappa shape index (κ1) is 12.6. The molecule has 0 aliphatic heterocycles. The number of methoxy groups -OCH3 is 1. The van der Waals surface area contributed by atoms with Crippen LogP contribution in [-0.2, 0) is 10.0 Å². The quantitative estimate of drug-likeness (QED) is 0.811. The molecular formula is C7H8F2N2O4S. The van der Waals surface area contributed by atoms with E-state index in [4.69, 9.17) is 10.2 Å². The Balaban J connectivity index is 3.62. The fraction of sp³-hybridized carbons (Fsp3) is 0.286. The number of ether oxygens (including phenoxy) is 1. The molecule has 0 unspecified atom stereocenters. The van der Waals surface area contributed by atoms with Crippen molar-refractivity contribution in [3.63, 3.8) is 0 Å². The second-order valence-electron chi connectivity index (χ2n) is 2.74. The van der Waals surface area contributed by atoms with Crippen LogP contribution in [0.25, 0.3) is 0 Å². The van der Waals surface area contributed by atoms with Gasteiger partial charge in [0.2, 0.25) is 5.03 Å².